The molecule has 0 saturated carbocycles. The monoisotopic (exact) mass is 201 g/mol. The molecule has 0 aliphatic rings. The fraction of sp³-hybridized carbons (Fsp3) is 0. The largest absolute Gasteiger partial charge is 0.344 e. The van der Waals surface area contributed by atoms with Gasteiger partial charge < -0.3 is 6.15 Å². The molecule has 13 heavy (non-hydrogen) atoms. The van der Waals surface area contributed by atoms with Gasteiger partial charge in [0.05, 0.1) is 0 Å². The van der Waals surface area contributed by atoms with Crippen molar-refractivity contribution >= 4 is 16.2 Å². The van der Waals surface area contributed by atoms with Crippen LogP contribution in [0, 0.1) is 0 Å². The molecule has 0 aromatic heterocycles. The molecule has 4 N–H and O–H groups in total. The van der Waals surface area contributed by atoms with Gasteiger partial charge in [-0.3, -0.25) is 4.55 Å². The molecule has 0 aliphatic heterocycles. The lowest BCUT2D eigenvalue weighted by Gasteiger charge is -2.00. The Morgan fingerprint density at radius 2 is 1.85 bits per heavy atom. The molecule has 0 radical (unpaired) electrons. The third-order valence-corrected chi connectivity index (χ3v) is 2.34. The van der Waals surface area contributed by atoms with E-state index in [0.29, 0.717) is 5.56 Å². The van der Waals surface area contributed by atoms with Gasteiger partial charge in [0.1, 0.15) is 4.90 Å². The van der Waals surface area contributed by atoms with E-state index in [1.54, 1.807) is 12.1 Å². The molecular weight excluding hydrogens is 190 g/mol. The molecule has 0 bridgehead atoms. The Balaban J connectivity index is 0.00000144. The number of hydrogen-bond acceptors (Lipinski definition) is 3. The molecule has 1 aromatic carbocycles. The average molecular weight is 201 g/mol. The van der Waals surface area contributed by atoms with Crippen LogP contribution in [0.2, 0.25) is 0 Å². The minimum absolute atomic E-state index is 0. The van der Waals surface area contributed by atoms with Gasteiger partial charge in [-0.05, 0) is 11.6 Å². The topological polar surface area (TPSA) is 89.4 Å². The third-order valence-electron chi connectivity index (χ3n) is 1.42. The zero-order valence-electron chi connectivity index (χ0n) is 6.97. The highest BCUT2D eigenvalue weighted by molar-refractivity contribution is 7.85. The lowest BCUT2D eigenvalue weighted by Crippen LogP contribution is -1.99. The molecular formula is C8H11NO3S. The maximum Gasteiger partial charge on any atom is 0.295 e. The van der Waals surface area contributed by atoms with Crippen LogP contribution in [0.1, 0.15) is 5.56 Å². The van der Waals surface area contributed by atoms with Crippen LogP contribution in [0.15, 0.2) is 35.7 Å². The smallest absolute Gasteiger partial charge is 0.295 e. The minimum Gasteiger partial charge on any atom is -0.344 e. The predicted molar refractivity (Wildman–Crippen MR) is 51.4 cm³/mol. The summed E-state index contributed by atoms with van der Waals surface area (Å²) in [5.41, 5.74) is 0.403. The molecule has 0 atom stereocenters. The molecule has 0 fully saturated rings. The summed E-state index contributed by atoms with van der Waals surface area (Å²) in [5.74, 6) is 0. The van der Waals surface area contributed by atoms with Crippen LogP contribution in [0.4, 0.5) is 0 Å². The van der Waals surface area contributed by atoms with Crippen LogP contribution in [-0.2, 0) is 10.1 Å². The second-order valence-corrected chi connectivity index (χ2v) is 3.61. The summed E-state index contributed by atoms with van der Waals surface area (Å²) >= 11 is 0. The van der Waals surface area contributed by atoms with Crippen LogP contribution in [-0.4, -0.2) is 13.0 Å². The van der Waals surface area contributed by atoms with Gasteiger partial charge in [0.15, 0.2) is 0 Å². The van der Waals surface area contributed by atoms with Crippen molar-refractivity contribution in [2.75, 3.05) is 0 Å². The van der Waals surface area contributed by atoms with E-state index >= 15 is 0 Å². The van der Waals surface area contributed by atoms with E-state index in [4.69, 9.17) is 4.55 Å². The first-order chi connectivity index (χ1) is 5.55. The summed E-state index contributed by atoms with van der Waals surface area (Å²) in [4.78, 5) is -0.111. The number of benzene rings is 1. The summed E-state index contributed by atoms with van der Waals surface area (Å²) < 4.78 is 30.2. The van der Waals surface area contributed by atoms with Crippen molar-refractivity contribution in [3.63, 3.8) is 0 Å². The highest BCUT2D eigenvalue weighted by Crippen LogP contribution is 2.15. The minimum atomic E-state index is -4.12. The van der Waals surface area contributed by atoms with Gasteiger partial charge in [-0.1, -0.05) is 30.9 Å². The highest BCUT2D eigenvalue weighted by Gasteiger charge is 2.11. The summed E-state index contributed by atoms with van der Waals surface area (Å²) in [7, 11) is -4.12. The van der Waals surface area contributed by atoms with Gasteiger partial charge in [-0.25, -0.2) is 0 Å². The van der Waals surface area contributed by atoms with Crippen molar-refractivity contribution in [1.29, 1.82) is 0 Å². The maximum absolute atomic E-state index is 10.7. The second kappa shape index (κ2) is 4.18. The van der Waals surface area contributed by atoms with E-state index in [1.807, 2.05) is 0 Å². The molecule has 0 spiro atoms. The molecule has 0 heterocycles. The van der Waals surface area contributed by atoms with Gasteiger partial charge in [-0.15, -0.1) is 0 Å². The van der Waals surface area contributed by atoms with E-state index < -0.39 is 10.1 Å². The van der Waals surface area contributed by atoms with E-state index in [-0.39, 0.29) is 11.0 Å². The Bertz CT molecular complexity index is 398. The summed E-state index contributed by atoms with van der Waals surface area (Å²) in [6.45, 7) is 3.43. The van der Waals surface area contributed by atoms with Crippen LogP contribution in [0.25, 0.3) is 6.08 Å². The SMILES string of the molecule is C=Cc1ccccc1S(=O)(=O)O.N. The summed E-state index contributed by atoms with van der Waals surface area (Å²) in [6, 6.07) is 6.10. The third kappa shape index (κ3) is 2.66. The maximum atomic E-state index is 10.7. The molecule has 4 nitrogen and oxygen atoms in total. The van der Waals surface area contributed by atoms with Crippen LogP contribution in [0.3, 0.4) is 0 Å². The van der Waals surface area contributed by atoms with Gasteiger partial charge in [0.2, 0.25) is 0 Å². The van der Waals surface area contributed by atoms with E-state index in [2.05, 4.69) is 6.58 Å². The van der Waals surface area contributed by atoms with Gasteiger partial charge >= 0.3 is 0 Å². The van der Waals surface area contributed by atoms with Crippen LogP contribution >= 0.6 is 0 Å². The van der Waals surface area contributed by atoms with Crippen molar-refractivity contribution in [3.05, 3.63) is 36.4 Å². The molecule has 0 amide bonds. The van der Waals surface area contributed by atoms with Crippen molar-refractivity contribution < 1.29 is 13.0 Å². The fourth-order valence-corrected chi connectivity index (χ4v) is 1.58. The zero-order valence-corrected chi connectivity index (χ0v) is 7.79. The first-order valence-electron chi connectivity index (χ1n) is 3.24. The zero-order chi connectivity index (χ0) is 9.19. The fourth-order valence-electron chi connectivity index (χ4n) is 0.884. The standard InChI is InChI=1S/C8H8O3S.H3N/c1-2-7-5-3-4-6-8(7)12(9,10)11;/h2-6H,1H2,(H,9,10,11);1H3. The molecule has 1 aromatic rings. The Hall–Kier alpha value is -1.17. The summed E-state index contributed by atoms with van der Waals surface area (Å²) in [6.07, 6.45) is 1.38. The quantitative estimate of drug-likeness (QED) is 0.713. The lowest BCUT2D eigenvalue weighted by molar-refractivity contribution is 0.483. The van der Waals surface area contributed by atoms with E-state index in [9.17, 15) is 8.42 Å². The number of hydrogen-bond donors (Lipinski definition) is 2. The molecule has 72 valence electrons. The first-order valence-corrected chi connectivity index (χ1v) is 4.68. The summed E-state index contributed by atoms with van der Waals surface area (Å²) in [5, 5.41) is 0. The Morgan fingerprint density at radius 3 is 2.23 bits per heavy atom. The molecule has 5 heteroatoms. The van der Waals surface area contributed by atoms with Gasteiger partial charge in [-0.2, -0.15) is 8.42 Å². The van der Waals surface area contributed by atoms with Crippen LogP contribution < -0.4 is 6.15 Å². The van der Waals surface area contributed by atoms with Crippen molar-refractivity contribution in [2.24, 2.45) is 0 Å². The van der Waals surface area contributed by atoms with Crippen molar-refractivity contribution in [2.45, 2.75) is 4.90 Å². The van der Waals surface area contributed by atoms with E-state index in [1.165, 1.54) is 18.2 Å². The van der Waals surface area contributed by atoms with Crippen molar-refractivity contribution in [1.82, 2.24) is 6.15 Å². The Kier molecular flexibility index (Phi) is 3.80. The average Bonchev–Trinajstić information content (AvgIpc) is 2.03. The van der Waals surface area contributed by atoms with Crippen molar-refractivity contribution in [3.8, 4) is 0 Å². The van der Waals surface area contributed by atoms with Gasteiger partial charge in [0, 0.05) is 0 Å². The van der Waals surface area contributed by atoms with Gasteiger partial charge in [0.25, 0.3) is 10.1 Å². The highest BCUT2D eigenvalue weighted by atomic mass is 32.2. The van der Waals surface area contributed by atoms with Crippen LogP contribution in [0.5, 0.6) is 0 Å². The Labute approximate surface area is 77.2 Å². The molecule has 0 unspecified atom stereocenters. The second-order valence-electron chi connectivity index (χ2n) is 2.22. The number of rotatable bonds is 2. The van der Waals surface area contributed by atoms with E-state index in [0.717, 1.165) is 0 Å². The predicted octanol–water partition coefficient (Wildman–Crippen LogP) is 1.74. The Morgan fingerprint density at radius 1 is 1.31 bits per heavy atom. The normalized spacial score (nSPS) is 10.2. The molecule has 1 rings (SSSR count). The lowest BCUT2D eigenvalue weighted by atomic mass is 10.2. The first kappa shape index (κ1) is 11.8. The molecule has 0 saturated heterocycles. The molecule has 0 aliphatic carbocycles.